The molecule has 4 aromatic rings. The van der Waals surface area contributed by atoms with E-state index in [2.05, 4.69) is 22.5 Å². The lowest BCUT2D eigenvalue weighted by molar-refractivity contribution is -0.131. The van der Waals surface area contributed by atoms with Crippen LogP contribution >= 0.6 is 0 Å². The van der Waals surface area contributed by atoms with Gasteiger partial charge in [-0.05, 0) is 80.3 Å². The summed E-state index contributed by atoms with van der Waals surface area (Å²) >= 11 is 0. The van der Waals surface area contributed by atoms with E-state index in [9.17, 15) is 9.59 Å². The molecule has 0 bridgehead atoms. The van der Waals surface area contributed by atoms with Crippen molar-refractivity contribution in [2.24, 2.45) is 10.8 Å². The molecule has 0 spiro atoms. The van der Waals surface area contributed by atoms with Gasteiger partial charge in [0.1, 0.15) is 11.2 Å². The second-order valence-electron chi connectivity index (χ2n) is 11.7. The first-order chi connectivity index (χ1) is 20.8. The molecule has 2 saturated carbocycles. The van der Waals surface area contributed by atoms with Crippen LogP contribution in [0.1, 0.15) is 45.4 Å². The first kappa shape index (κ1) is 28.5. The molecule has 2 amide bonds. The van der Waals surface area contributed by atoms with Gasteiger partial charge in [-0.15, -0.1) is 0 Å². The van der Waals surface area contributed by atoms with E-state index in [1.54, 1.807) is 61.8 Å². The van der Waals surface area contributed by atoms with Crippen molar-refractivity contribution < 1.29 is 28.2 Å². The highest BCUT2D eigenvalue weighted by atomic mass is 19.1. The van der Waals surface area contributed by atoms with Gasteiger partial charge >= 0.3 is 0 Å². The third kappa shape index (κ3) is 6.26. The molecule has 0 radical (unpaired) electrons. The molecule has 43 heavy (non-hydrogen) atoms. The van der Waals surface area contributed by atoms with Gasteiger partial charge in [-0.2, -0.15) is 0 Å². The molecule has 2 aliphatic rings. The van der Waals surface area contributed by atoms with Crippen LogP contribution in [0.2, 0.25) is 0 Å². The second kappa shape index (κ2) is 11.6. The van der Waals surface area contributed by atoms with Crippen molar-refractivity contribution in [3.05, 3.63) is 78.7 Å². The number of nitrogens with zero attached hydrogens (tertiary/aromatic N) is 1. The minimum absolute atomic E-state index is 0.0266. The maximum Gasteiger partial charge on any atom is 0.240 e. The summed E-state index contributed by atoms with van der Waals surface area (Å²) in [6.45, 7) is 2.89. The van der Waals surface area contributed by atoms with Gasteiger partial charge < -0.3 is 24.8 Å². The molecule has 0 saturated heterocycles. The number of para-hydroxylation sites is 1. The number of fused-ring (bicyclic) bond motifs is 1. The van der Waals surface area contributed by atoms with Crippen LogP contribution in [0.15, 0.2) is 72.9 Å². The number of ether oxygens (including phenoxy) is 3. The van der Waals surface area contributed by atoms with Crippen LogP contribution in [0.4, 0.5) is 15.8 Å². The summed E-state index contributed by atoms with van der Waals surface area (Å²) in [5.74, 6) is -0.0241. The van der Waals surface area contributed by atoms with Crippen LogP contribution in [-0.2, 0) is 9.59 Å². The molecule has 2 fully saturated rings. The zero-order chi connectivity index (χ0) is 30.0. The number of halogens is 1. The lowest BCUT2D eigenvalue weighted by Gasteiger charge is -2.16. The van der Waals surface area contributed by atoms with E-state index in [1.807, 2.05) is 6.07 Å². The number of anilines is 2. The fourth-order valence-electron chi connectivity index (χ4n) is 5.12. The molecule has 3 aromatic carbocycles. The van der Waals surface area contributed by atoms with Gasteiger partial charge in [0.25, 0.3) is 0 Å². The minimum Gasteiger partial charge on any atom is -0.493 e. The molecule has 0 aliphatic heterocycles. The number of carbonyl (C=O) groups is 2. The van der Waals surface area contributed by atoms with E-state index in [-0.39, 0.29) is 17.3 Å². The van der Waals surface area contributed by atoms with E-state index in [4.69, 9.17) is 14.2 Å². The quantitative estimate of drug-likeness (QED) is 0.132. The molecule has 0 atom stereocenters. The Morgan fingerprint density at radius 3 is 2.28 bits per heavy atom. The minimum atomic E-state index is -1.17. The van der Waals surface area contributed by atoms with E-state index in [0.29, 0.717) is 58.7 Å². The van der Waals surface area contributed by atoms with E-state index >= 15 is 4.39 Å². The zero-order valence-electron chi connectivity index (χ0n) is 24.2. The van der Waals surface area contributed by atoms with Gasteiger partial charge in [-0.3, -0.25) is 14.6 Å². The normalized spacial score (nSPS) is 15.8. The van der Waals surface area contributed by atoms with Crippen LogP contribution in [0.3, 0.4) is 0 Å². The second-order valence-corrected chi connectivity index (χ2v) is 11.7. The monoisotopic (exact) mass is 583 g/mol. The van der Waals surface area contributed by atoms with Crippen LogP contribution in [0, 0.1) is 16.6 Å². The average Bonchev–Trinajstić information content (AvgIpc) is 3.94. The predicted molar refractivity (Wildman–Crippen MR) is 162 cm³/mol. The highest BCUT2D eigenvalue weighted by molar-refractivity contribution is 6.16. The Labute approximate surface area is 249 Å². The van der Waals surface area contributed by atoms with E-state index in [1.165, 1.54) is 25.0 Å². The fraction of sp³-hybridized carbons (Fsp3) is 0.324. The van der Waals surface area contributed by atoms with Crippen molar-refractivity contribution in [1.82, 2.24) is 4.98 Å². The maximum absolute atomic E-state index is 15.2. The summed E-state index contributed by atoms with van der Waals surface area (Å²) < 4.78 is 32.8. The van der Waals surface area contributed by atoms with Crippen molar-refractivity contribution in [3.63, 3.8) is 0 Å². The Hall–Kier alpha value is -4.66. The summed E-state index contributed by atoms with van der Waals surface area (Å²) in [7, 11) is 1.57. The number of amides is 2. The van der Waals surface area contributed by atoms with Gasteiger partial charge in [0.2, 0.25) is 11.8 Å². The molecular formula is C34H34FN3O5. The molecule has 8 nitrogen and oxygen atoms in total. The Bertz CT molecular complexity index is 1670. The van der Waals surface area contributed by atoms with Crippen molar-refractivity contribution in [3.8, 4) is 23.0 Å². The van der Waals surface area contributed by atoms with E-state index < -0.39 is 17.1 Å². The molecule has 1 heterocycles. The first-order valence-corrected chi connectivity index (χ1v) is 14.5. The molecule has 2 aliphatic carbocycles. The third-order valence-corrected chi connectivity index (χ3v) is 8.33. The third-order valence-electron chi connectivity index (χ3n) is 8.33. The highest BCUT2D eigenvalue weighted by Gasteiger charge is 2.56. The number of methoxy groups -OCH3 is 1. The van der Waals surface area contributed by atoms with Gasteiger partial charge in [0, 0.05) is 35.1 Å². The van der Waals surface area contributed by atoms with Crippen LogP contribution in [-0.4, -0.2) is 30.5 Å². The van der Waals surface area contributed by atoms with Gasteiger partial charge in [-0.25, -0.2) is 4.39 Å². The largest absolute Gasteiger partial charge is 0.493 e. The summed E-state index contributed by atoms with van der Waals surface area (Å²) in [4.78, 5) is 30.3. The summed E-state index contributed by atoms with van der Waals surface area (Å²) in [6, 6.07) is 18.3. The zero-order valence-corrected chi connectivity index (χ0v) is 24.2. The summed E-state index contributed by atoms with van der Waals surface area (Å²) in [6.07, 6.45) is 7.10. The molecule has 9 heteroatoms. The molecule has 6 rings (SSSR count). The lowest BCUT2D eigenvalue weighted by Crippen LogP contribution is -2.35. The number of benzene rings is 3. The van der Waals surface area contributed by atoms with Crippen molar-refractivity contribution in [2.75, 3.05) is 24.4 Å². The standard InChI is InChI=1S/C34H34FN3O5/c1-33(13-14-33)12-6-18-42-30-21-26-24(20-29(30)41-2)27(11-17-36-26)43-28-10-9-23(19-25(28)35)38-32(40)34(15-16-34)31(39)37-22-7-4-3-5-8-22/h3-5,7-11,17,19-21H,6,12-16,18H2,1-2H3,(H,37,39)(H,38,40). The van der Waals surface area contributed by atoms with Crippen LogP contribution in [0.25, 0.3) is 10.9 Å². The number of carbonyl (C=O) groups excluding carboxylic acids is 2. The number of nitrogens with one attached hydrogen (secondary N) is 2. The first-order valence-electron chi connectivity index (χ1n) is 14.5. The SMILES string of the molecule is COc1cc2c(Oc3ccc(NC(=O)C4(C(=O)Nc5ccccc5)CC4)cc3F)ccnc2cc1OCCCC1(C)CC1. The van der Waals surface area contributed by atoms with Crippen molar-refractivity contribution >= 4 is 34.1 Å². The highest BCUT2D eigenvalue weighted by Crippen LogP contribution is 2.49. The van der Waals surface area contributed by atoms with Gasteiger partial charge in [0.15, 0.2) is 23.1 Å². The Kier molecular flexibility index (Phi) is 7.64. The van der Waals surface area contributed by atoms with Crippen LogP contribution < -0.4 is 24.8 Å². The number of aromatic nitrogens is 1. The number of hydrogen-bond donors (Lipinski definition) is 2. The smallest absolute Gasteiger partial charge is 0.240 e. The predicted octanol–water partition coefficient (Wildman–Crippen LogP) is 7.49. The molecular weight excluding hydrogens is 549 g/mol. The van der Waals surface area contributed by atoms with Gasteiger partial charge in [-0.1, -0.05) is 25.1 Å². The average molecular weight is 584 g/mol. The summed E-state index contributed by atoms with van der Waals surface area (Å²) in [5.41, 5.74) is 0.765. The fourth-order valence-corrected chi connectivity index (χ4v) is 5.12. The van der Waals surface area contributed by atoms with Gasteiger partial charge in [0.05, 0.1) is 19.2 Å². The molecule has 0 unspecified atom stereocenters. The number of pyridine rings is 1. The topological polar surface area (TPSA) is 98.8 Å². The number of hydrogen-bond acceptors (Lipinski definition) is 6. The molecule has 222 valence electrons. The lowest BCUT2D eigenvalue weighted by atomic mass is 10.0. The van der Waals surface area contributed by atoms with E-state index in [0.717, 1.165) is 12.8 Å². The Morgan fingerprint density at radius 1 is 0.860 bits per heavy atom. The maximum atomic E-state index is 15.2. The molecule has 2 N–H and O–H groups in total. The van der Waals surface area contributed by atoms with Crippen molar-refractivity contribution in [2.45, 2.75) is 45.4 Å². The number of rotatable bonds is 12. The molecule has 1 aromatic heterocycles. The van der Waals surface area contributed by atoms with Crippen LogP contribution in [0.5, 0.6) is 23.0 Å². The van der Waals surface area contributed by atoms with Crippen molar-refractivity contribution in [1.29, 1.82) is 0 Å². The Morgan fingerprint density at radius 2 is 1.60 bits per heavy atom. The Balaban J connectivity index is 1.13. The summed E-state index contributed by atoms with van der Waals surface area (Å²) in [5, 5.41) is 6.11.